The first-order valence-corrected chi connectivity index (χ1v) is 30.0. The molecule has 8 rings (SSSR count). The maximum atomic E-state index is 14.5. The molecule has 0 radical (unpaired) electrons. The number of carbonyl (C=O) groups excluding carboxylic acids is 4. The van der Waals surface area contributed by atoms with Crippen molar-refractivity contribution >= 4 is 23.9 Å². The highest BCUT2D eigenvalue weighted by Gasteiger charge is 2.47. The second-order valence-electron chi connectivity index (χ2n) is 23.2. The highest BCUT2D eigenvalue weighted by Crippen LogP contribution is 2.46. The molecule has 0 amide bonds. The van der Waals surface area contributed by atoms with Crippen molar-refractivity contribution in [1.29, 1.82) is 0 Å². The summed E-state index contributed by atoms with van der Waals surface area (Å²) in [7, 11) is 16.0. The average Bonchev–Trinajstić information content (AvgIpc) is 0.774. The number of ether oxygens (including phenoxy) is 12. The molecule has 2 heterocycles. The van der Waals surface area contributed by atoms with Gasteiger partial charge < -0.3 is 114 Å². The van der Waals surface area contributed by atoms with Crippen LogP contribution in [0.4, 0.5) is 26.3 Å². The molecule has 0 aliphatic carbocycles. The molecule has 26 heteroatoms. The van der Waals surface area contributed by atoms with Gasteiger partial charge in [-0.25, -0.2) is 19.2 Å². The smallest absolute Gasteiger partial charge is 0.416 e. The van der Waals surface area contributed by atoms with Crippen molar-refractivity contribution in [3.05, 3.63) is 165 Å². The van der Waals surface area contributed by atoms with Crippen LogP contribution >= 0.6 is 0 Å². The van der Waals surface area contributed by atoms with E-state index in [-0.39, 0.29) is 107 Å². The van der Waals surface area contributed by atoms with Gasteiger partial charge in [-0.05, 0) is 139 Å². The third-order valence-corrected chi connectivity index (χ3v) is 17.4. The third-order valence-electron chi connectivity index (χ3n) is 17.4. The Labute approximate surface area is 582 Å². The maximum absolute atomic E-state index is 14.5. The van der Waals surface area contributed by atoms with Gasteiger partial charge >= 0.3 is 36.2 Å². The lowest BCUT2D eigenvalue weighted by Crippen LogP contribution is -3.00. The van der Waals surface area contributed by atoms with Crippen LogP contribution in [0.1, 0.15) is 96.6 Å². The fourth-order valence-electron chi connectivity index (χ4n) is 12.2. The molecule has 0 saturated heterocycles. The number of carbonyl (C=O) groups is 4. The number of nitrogens with zero attached hydrogens (tertiary/aromatic N) is 2. The number of benzene rings is 6. The fraction of sp³-hybridized carbons (Fsp3) is 0.420. The molecule has 6 atom stereocenters. The number of quaternary nitrogens is 2. The van der Waals surface area contributed by atoms with E-state index in [0.29, 0.717) is 91.2 Å². The molecule has 0 aromatic heterocycles. The van der Waals surface area contributed by atoms with Crippen molar-refractivity contribution < 1.29 is 159 Å². The summed E-state index contributed by atoms with van der Waals surface area (Å²) in [5.74, 6) is -0.00562. The van der Waals surface area contributed by atoms with Crippen LogP contribution in [0.3, 0.4) is 0 Å². The van der Waals surface area contributed by atoms with Gasteiger partial charge in [-0.1, -0.05) is 12.1 Å². The molecule has 0 saturated carbocycles. The fourth-order valence-corrected chi connectivity index (χ4v) is 12.2. The molecule has 95 heavy (non-hydrogen) atoms. The predicted molar refractivity (Wildman–Crippen MR) is 327 cm³/mol. The third kappa shape index (κ3) is 18.6. The van der Waals surface area contributed by atoms with Gasteiger partial charge in [0.1, 0.15) is 25.2 Å². The summed E-state index contributed by atoms with van der Waals surface area (Å²) in [6.07, 6.45) is -10.0. The van der Waals surface area contributed by atoms with Gasteiger partial charge in [0, 0.05) is 36.8 Å². The zero-order chi connectivity index (χ0) is 67.4. The molecule has 0 bridgehead atoms. The Kier molecular flexibility index (Phi) is 27.0. The number of likely N-dealkylation sites (N-methyl/N-ethyl adjacent to an activating group) is 2. The van der Waals surface area contributed by atoms with Crippen LogP contribution < -0.4 is 85.8 Å². The maximum Gasteiger partial charge on any atom is 0.416 e. The lowest BCUT2D eigenvalue weighted by atomic mass is 9.86. The van der Waals surface area contributed by atoms with Gasteiger partial charge in [0.05, 0.1) is 120 Å². The van der Waals surface area contributed by atoms with E-state index in [4.69, 9.17) is 56.8 Å². The van der Waals surface area contributed by atoms with Crippen LogP contribution in [0.15, 0.2) is 109 Å². The number of rotatable bonds is 28. The van der Waals surface area contributed by atoms with Crippen molar-refractivity contribution in [1.82, 2.24) is 0 Å². The minimum absolute atomic E-state index is 0. The number of alkyl halides is 6. The number of hydrogen-bond donors (Lipinski definition) is 0. The summed E-state index contributed by atoms with van der Waals surface area (Å²) >= 11 is 0. The van der Waals surface area contributed by atoms with Crippen LogP contribution in [-0.2, 0) is 66.6 Å². The van der Waals surface area contributed by atoms with Gasteiger partial charge in [0.25, 0.3) is 0 Å². The summed E-state index contributed by atoms with van der Waals surface area (Å²) in [6, 6.07) is 24.6. The topological polar surface area (TPSA) is 179 Å². The molecule has 0 spiro atoms. The lowest BCUT2D eigenvalue weighted by molar-refractivity contribution is -0.943. The first-order chi connectivity index (χ1) is 44.3. The number of halogens is 8. The first-order valence-electron chi connectivity index (χ1n) is 30.0. The van der Waals surface area contributed by atoms with Gasteiger partial charge in [0.2, 0.25) is 12.2 Å². The second kappa shape index (κ2) is 33.5. The van der Waals surface area contributed by atoms with Gasteiger partial charge in [-0.15, -0.1) is 0 Å². The van der Waals surface area contributed by atoms with Crippen LogP contribution in [-0.4, -0.2) is 155 Å². The molecular formula is C69H78F6I2N2O16. The Bertz CT molecular complexity index is 3380. The molecule has 2 aliphatic heterocycles. The standard InChI is InChI=1S/C69H78F6N2O16.2HI/c1-76(28-26-46-36-58(86-7)60(88-9)38-50(46)52(76)32-42-14-24-54(82-3)56(34-42)84-5)40-62(92-64(78)44-16-20-48(21-17-44)68(70,71)72)66(80)90-30-12-11-13-31-91-67(81)63(93-65(79)45-18-22-49(23-19-45)69(73,74)75)41-77(2)29-27-47-37-59(87-8)61(89-10)39-51(47)53(77)33-43-15-25-55(83-4)57(35-43)85-6;;/h14-25,34-39,52-53,62-63H,11-13,26-33,40-41H2,1-10H3;2*1H/q+2;;/p-2. The zero-order valence-electron chi connectivity index (χ0n) is 54.3. The molecule has 18 nitrogen and oxygen atoms in total. The van der Waals surface area contributed by atoms with E-state index < -0.39 is 71.6 Å². The van der Waals surface area contributed by atoms with Gasteiger partial charge in [0.15, 0.2) is 46.0 Å². The molecule has 6 aromatic carbocycles. The molecule has 0 N–H and O–H groups in total. The van der Waals surface area contributed by atoms with E-state index in [1.165, 1.54) is 56.9 Å². The van der Waals surface area contributed by atoms with Crippen molar-refractivity contribution in [3.63, 3.8) is 0 Å². The molecule has 6 aromatic rings. The molecule has 0 fully saturated rings. The van der Waals surface area contributed by atoms with E-state index in [1.54, 1.807) is 12.1 Å². The van der Waals surface area contributed by atoms with Crippen LogP contribution in [0.2, 0.25) is 0 Å². The normalized spacial score (nSPS) is 17.9. The Balaban J connectivity index is 0.00000714. The average molecular weight is 1560 g/mol. The Morgan fingerprint density at radius 2 is 0.747 bits per heavy atom. The summed E-state index contributed by atoms with van der Waals surface area (Å²) in [6.45, 7) is 0.189. The lowest BCUT2D eigenvalue weighted by Gasteiger charge is -2.47. The molecule has 516 valence electrons. The SMILES string of the molecule is COc1ccc(CC2c3cc(OC)c(OC)cc3CC[N+]2(C)CC(OC(=O)c2ccc(C(F)(F)F)cc2)C(=O)OCCCCCOC(=O)C(C[N+]2(C)CCc3cc(OC)c(OC)cc3C2Cc2ccc(OC)c(OC)c2)OC(=O)c2ccc(C(F)(F)F)cc2)cc1OC.[I-].[I-]. The minimum atomic E-state index is -4.68. The largest absolute Gasteiger partial charge is 1.00 e. The Morgan fingerprint density at radius 3 is 1.06 bits per heavy atom. The van der Waals surface area contributed by atoms with Crippen LogP contribution in [0.25, 0.3) is 0 Å². The number of unbranched alkanes of at least 4 members (excludes halogenated alkanes) is 2. The van der Waals surface area contributed by atoms with Crippen molar-refractivity contribution in [2.45, 2.75) is 81.6 Å². The summed E-state index contributed by atoms with van der Waals surface area (Å²) in [5.41, 5.74) is 2.90. The van der Waals surface area contributed by atoms with Crippen molar-refractivity contribution in [2.24, 2.45) is 0 Å². The quantitative estimate of drug-likeness (QED) is 0.0144. The second-order valence-corrected chi connectivity index (χ2v) is 23.2. The van der Waals surface area contributed by atoms with Crippen LogP contribution in [0, 0.1) is 0 Å². The Morgan fingerprint density at radius 1 is 0.432 bits per heavy atom. The van der Waals surface area contributed by atoms with E-state index in [0.717, 1.165) is 81.9 Å². The van der Waals surface area contributed by atoms with Crippen molar-refractivity contribution in [3.8, 4) is 46.0 Å². The van der Waals surface area contributed by atoms with Gasteiger partial charge in [-0.2, -0.15) is 26.3 Å². The highest BCUT2D eigenvalue weighted by molar-refractivity contribution is 5.92. The summed E-state index contributed by atoms with van der Waals surface area (Å²) in [4.78, 5) is 56.7. The minimum Gasteiger partial charge on any atom is -1.00 e. The van der Waals surface area contributed by atoms with E-state index in [2.05, 4.69) is 0 Å². The monoisotopic (exact) mass is 1560 g/mol. The number of fused-ring (bicyclic) bond motifs is 2. The highest BCUT2D eigenvalue weighted by atomic mass is 127. The van der Waals surface area contributed by atoms with Crippen molar-refractivity contribution in [2.75, 3.05) is 110 Å². The van der Waals surface area contributed by atoms with E-state index in [1.807, 2.05) is 62.6 Å². The zero-order valence-corrected chi connectivity index (χ0v) is 58.7. The molecular weight excluding hydrogens is 1480 g/mol. The van der Waals surface area contributed by atoms with E-state index >= 15 is 0 Å². The summed E-state index contributed by atoms with van der Waals surface area (Å²) < 4.78 is 151. The van der Waals surface area contributed by atoms with E-state index in [9.17, 15) is 45.5 Å². The Hall–Kier alpha value is -7.44. The molecule has 6 unspecified atom stereocenters. The van der Waals surface area contributed by atoms with Gasteiger partial charge in [-0.3, -0.25) is 0 Å². The first kappa shape index (κ1) is 76.6. The number of hydrogen-bond acceptors (Lipinski definition) is 16. The number of esters is 4. The summed E-state index contributed by atoms with van der Waals surface area (Å²) in [5, 5.41) is 0. The predicted octanol–water partition coefficient (Wildman–Crippen LogP) is 5.78. The van der Waals surface area contributed by atoms with Crippen LogP contribution in [0.5, 0.6) is 46.0 Å². The molecule has 2 aliphatic rings. The number of methoxy groups -OCH3 is 8.